The number of fused-ring (bicyclic) bond motifs is 1. The molecule has 1 aliphatic rings. The summed E-state index contributed by atoms with van der Waals surface area (Å²) in [6.07, 6.45) is 3.72. The number of carbonyl (C=O) groups excluding carboxylic acids is 1. The summed E-state index contributed by atoms with van der Waals surface area (Å²) < 4.78 is 9.02. The lowest BCUT2D eigenvalue weighted by atomic mass is 10.1. The van der Waals surface area contributed by atoms with Gasteiger partial charge in [-0.05, 0) is 12.5 Å². The average molecular weight is 417 g/mol. The molecule has 1 fully saturated rings. The highest BCUT2D eigenvalue weighted by Gasteiger charge is 2.24. The number of hydrogen-bond acceptors (Lipinski definition) is 7. The number of imidazole rings is 1. The first-order chi connectivity index (χ1) is 15.2. The van der Waals surface area contributed by atoms with Crippen molar-refractivity contribution in [2.24, 2.45) is 0 Å². The molecule has 1 aliphatic heterocycles. The summed E-state index contributed by atoms with van der Waals surface area (Å²) in [7, 11) is 0. The van der Waals surface area contributed by atoms with Crippen molar-refractivity contribution >= 4 is 22.8 Å². The van der Waals surface area contributed by atoms with Crippen LogP contribution >= 0.6 is 0 Å². The predicted molar refractivity (Wildman–Crippen MR) is 117 cm³/mol. The first kappa shape index (κ1) is 19.4. The summed E-state index contributed by atoms with van der Waals surface area (Å²) in [6.45, 7) is 6.73. The van der Waals surface area contributed by atoms with Crippen molar-refractivity contribution in [3.05, 3.63) is 48.5 Å². The summed E-state index contributed by atoms with van der Waals surface area (Å²) in [5, 5.41) is 4.51. The van der Waals surface area contributed by atoms with Crippen LogP contribution in [-0.4, -0.2) is 61.4 Å². The number of rotatable bonds is 5. The number of carbonyl (C=O) groups is 1. The number of benzene rings is 1. The van der Waals surface area contributed by atoms with Gasteiger partial charge in [0, 0.05) is 38.3 Å². The molecule has 4 aromatic rings. The van der Waals surface area contributed by atoms with Gasteiger partial charge in [-0.3, -0.25) is 4.79 Å². The van der Waals surface area contributed by atoms with Crippen LogP contribution in [0.1, 0.15) is 24.5 Å². The van der Waals surface area contributed by atoms with Crippen LogP contribution in [0.25, 0.3) is 28.2 Å². The number of hydrogen-bond donors (Lipinski definition) is 0. The van der Waals surface area contributed by atoms with Gasteiger partial charge in [-0.15, -0.1) is 0 Å². The van der Waals surface area contributed by atoms with Gasteiger partial charge in [-0.1, -0.05) is 30.3 Å². The topological polar surface area (TPSA) is 91.0 Å². The summed E-state index contributed by atoms with van der Waals surface area (Å²) in [5.74, 6) is 1.44. The molecule has 4 heterocycles. The Kier molecular flexibility index (Phi) is 4.95. The molecule has 0 saturated carbocycles. The first-order valence-electron chi connectivity index (χ1n) is 10.4. The van der Waals surface area contributed by atoms with Crippen LogP contribution in [0.5, 0.6) is 0 Å². The molecule has 5 rings (SSSR count). The normalized spacial score (nSPS) is 14.3. The van der Waals surface area contributed by atoms with Gasteiger partial charge in [-0.2, -0.15) is 15.1 Å². The minimum atomic E-state index is -0.0974. The monoisotopic (exact) mass is 417 g/mol. The Morgan fingerprint density at radius 3 is 2.55 bits per heavy atom. The van der Waals surface area contributed by atoms with Crippen molar-refractivity contribution < 1.29 is 9.53 Å². The molecular weight excluding hydrogens is 394 g/mol. The summed E-state index contributed by atoms with van der Waals surface area (Å²) in [5.41, 5.74) is 3.32. The van der Waals surface area contributed by atoms with Gasteiger partial charge in [0.15, 0.2) is 28.6 Å². The highest BCUT2D eigenvalue weighted by molar-refractivity contribution is 5.96. The molecule has 0 spiro atoms. The van der Waals surface area contributed by atoms with Crippen molar-refractivity contribution in [3.8, 4) is 17.1 Å². The van der Waals surface area contributed by atoms with Crippen molar-refractivity contribution in [3.63, 3.8) is 0 Å². The van der Waals surface area contributed by atoms with Gasteiger partial charge < -0.3 is 14.2 Å². The number of aromatic nitrogens is 6. The Balaban J connectivity index is 1.68. The molecule has 9 nitrogen and oxygen atoms in total. The molecule has 158 valence electrons. The van der Waals surface area contributed by atoms with Gasteiger partial charge in [0.25, 0.3) is 5.95 Å². The zero-order valence-electron chi connectivity index (χ0n) is 17.5. The SMILES string of the molecule is CCn1c(C(C)=O)nc2c(N3CCOCC3)nc(-n3cc(-c4ccccc4)cn3)nc21. The van der Waals surface area contributed by atoms with Crippen LogP contribution in [-0.2, 0) is 11.3 Å². The van der Waals surface area contributed by atoms with Crippen LogP contribution < -0.4 is 4.90 Å². The Bertz CT molecular complexity index is 1240. The lowest BCUT2D eigenvalue weighted by Crippen LogP contribution is -2.37. The van der Waals surface area contributed by atoms with E-state index in [1.807, 2.05) is 48.0 Å². The van der Waals surface area contributed by atoms with Crippen molar-refractivity contribution in [1.29, 1.82) is 0 Å². The number of ketones is 1. The Morgan fingerprint density at radius 2 is 1.84 bits per heavy atom. The number of Topliss-reactive ketones (excluding diaryl/α,β-unsaturated/α-hetero) is 1. The second-order valence-corrected chi connectivity index (χ2v) is 7.39. The summed E-state index contributed by atoms with van der Waals surface area (Å²) >= 11 is 0. The summed E-state index contributed by atoms with van der Waals surface area (Å²) in [4.78, 5) is 28.6. The number of morpholine rings is 1. The molecule has 0 amide bonds. The van der Waals surface area contributed by atoms with E-state index in [1.165, 1.54) is 6.92 Å². The maximum atomic E-state index is 12.2. The van der Waals surface area contributed by atoms with Gasteiger partial charge in [-0.25, -0.2) is 9.67 Å². The maximum absolute atomic E-state index is 12.2. The third-order valence-electron chi connectivity index (χ3n) is 5.40. The third kappa shape index (κ3) is 3.46. The number of ether oxygens (including phenoxy) is 1. The van der Waals surface area contributed by atoms with Crippen LogP contribution in [0.2, 0.25) is 0 Å². The molecule has 0 bridgehead atoms. The smallest absolute Gasteiger partial charge is 0.254 e. The lowest BCUT2D eigenvalue weighted by molar-refractivity contribution is 0.1000. The van der Waals surface area contributed by atoms with E-state index in [-0.39, 0.29) is 5.78 Å². The standard InChI is InChI=1S/C22H23N7O2/c1-3-28-19(15(2)30)24-18-20(27-9-11-31-12-10-27)25-22(26-21(18)28)29-14-17(13-23-29)16-7-5-4-6-8-16/h4-8,13-14H,3,9-12H2,1-2H3. The lowest BCUT2D eigenvalue weighted by Gasteiger charge is -2.28. The second-order valence-electron chi connectivity index (χ2n) is 7.39. The predicted octanol–water partition coefficient (Wildman–Crippen LogP) is 2.74. The van der Waals surface area contributed by atoms with Gasteiger partial charge in [0.2, 0.25) is 0 Å². The van der Waals surface area contributed by atoms with E-state index < -0.39 is 0 Å². The zero-order valence-corrected chi connectivity index (χ0v) is 17.5. The minimum absolute atomic E-state index is 0.0974. The van der Waals surface area contributed by atoms with Gasteiger partial charge in [0.1, 0.15) is 0 Å². The van der Waals surface area contributed by atoms with E-state index in [4.69, 9.17) is 14.7 Å². The molecule has 0 N–H and O–H groups in total. The molecule has 0 aliphatic carbocycles. The van der Waals surface area contributed by atoms with E-state index in [0.29, 0.717) is 61.6 Å². The first-order valence-corrected chi connectivity index (χ1v) is 10.4. The van der Waals surface area contributed by atoms with Gasteiger partial charge >= 0.3 is 0 Å². The maximum Gasteiger partial charge on any atom is 0.254 e. The van der Waals surface area contributed by atoms with Crippen LogP contribution in [0.4, 0.5) is 5.82 Å². The quantitative estimate of drug-likeness (QED) is 0.461. The molecular formula is C22H23N7O2. The zero-order chi connectivity index (χ0) is 21.4. The highest BCUT2D eigenvalue weighted by atomic mass is 16.5. The van der Waals surface area contributed by atoms with E-state index in [1.54, 1.807) is 10.9 Å². The molecule has 1 saturated heterocycles. The molecule has 3 aromatic heterocycles. The minimum Gasteiger partial charge on any atom is -0.378 e. The molecule has 0 atom stereocenters. The van der Waals surface area contributed by atoms with Gasteiger partial charge in [0.05, 0.1) is 19.4 Å². The Labute approximate surface area is 179 Å². The Morgan fingerprint density at radius 1 is 1.06 bits per heavy atom. The fraction of sp³-hybridized carbons (Fsp3) is 0.318. The van der Waals surface area contributed by atoms with Crippen LogP contribution in [0.3, 0.4) is 0 Å². The second kappa shape index (κ2) is 7.92. The van der Waals surface area contributed by atoms with E-state index in [0.717, 1.165) is 11.1 Å². The molecule has 31 heavy (non-hydrogen) atoms. The van der Waals surface area contributed by atoms with E-state index >= 15 is 0 Å². The number of anilines is 1. The van der Waals surface area contributed by atoms with E-state index in [2.05, 4.69) is 15.0 Å². The van der Waals surface area contributed by atoms with Crippen molar-refractivity contribution in [1.82, 2.24) is 29.3 Å². The number of aryl methyl sites for hydroxylation is 1. The highest BCUT2D eigenvalue weighted by Crippen LogP contribution is 2.27. The average Bonchev–Trinajstić information content (AvgIpc) is 3.45. The third-order valence-corrected chi connectivity index (χ3v) is 5.40. The van der Waals surface area contributed by atoms with E-state index in [9.17, 15) is 4.79 Å². The Hall–Kier alpha value is -3.59. The largest absolute Gasteiger partial charge is 0.378 e. The molecule has 9 heteroatoms. The summed E-state index contributed by atoms with van der Waals surface area (Å²) in [6, 6.07) is 10.0. The number of nitrogens with zero attached hydrogens (tertiary/aromatic N) is 7. The molecule has 0 unspecified atom stereocenters. The molecule has 1 aromatic carbocycles. The fourth-order valence-electron chi connectivity index (χ4n) is 3.85. The van der Waals surface area contributed by atoms with Crippen molar-refractivity contribution in [2.75, 3.05) is 31.2 Å². The van der Waals surface area contributed by atoms with Crippen LogP contribution in [0.15, 0.2) is 42.7 Å². The molecule has 0 radical (unpaired) electrons. The van der Waals surface area contributed by atoms with Crippen LogP contribution in [0, 0.1) is 0 Å². The van der Waals surface area contributed by atoms with Crippen molar-refractivity contribution in [2.45, 2.75) is 20.4 Å². The fourth-order valence-corrected chi connectivity index (χ4v) is 3.85.